The molecule has 8 rings (SSSR count). The summed E-state index contributed by atoms with van der Waals surface area (Å²) in [5.41, 5.74) is 13.9. The third-order valence-electron chi connectivity index (χ3n) is 14.1. The third kappa shape index (κ3) is 12.3. The van der Waals surface area contributed by atoms with E-state index in [2.05, 4.69) is 119 Å². The second-order valence-electron chi connectivity index (χ2n) is 18.8. The van der Waals surface area contributed by atoms with Gasteiger partial charge in [0.15, 0.2) is 0 Å². The Morgan fingerprint density at radius 3 is 1.02 bits per heavy atom. The van der Waals surface area contributed by atoms with Crippen LogP contribution in [0, 0.1) is 39.5 Å². The van der Waals surface area contributed by atoms with Crippen molar-refractivity contribution in [2.75, 3.05) is 0 Å². The molecule has 0 unspecified atom stereocenters. The molecule has 66 heavy (non-hydrogen) atoms. The van der Waals surface area contributed by atoms with E-state index in [-0.39, 0.29) is 0 Å². The molecule has 0 amide bonds. The van der Waals surface area contributed by atoms with Gasteiger partial charge < -0.3 is 9.47 Å². The lowest BCUT2D eigenvalue weighted by molar-refractivity contribution is 0.303. The van der Waals surface area contributed by atoms with Crippen molar-refractivity contribution in [1.29, 1.82) is 0 Å². The van der Waals surface area contributed by atoms with Crippen LogP contribution >= 0.6 is 0 Å². The van der Waals surface area contributed by atoms with Crippen molar-refractivity contribution >= 4 is 34.1 Å². The Hall–Kier alpha value is -6.28. The Kier molecular flexibility index (Phi) is 15.6. The molecule has 2 aliphatic rings. The second-order valence-corrected chi connectivity index (χ2v) is 18.8. The smallest absolute Gasteiger partial charge is 0.123 e. The van der Waals surface area contributed by atoms with E-state index in [1.54, 1.807) is 0 Å². The van der Waals surface area contributed by atoms with Crippen molar-refractivity contribution in [2.24, 2.45) is 42.5 Å². The molecule has 0 atom stereocenters. The van der Waals surface area contributed by atoms with Crippen LogP contribution in [0.3, 0.4) is 0 Å². The number of benzene rings is 6. The molecule has 0 spiro atoms. The zero-order valence-electron chi connectivity index (χ0n) is 39.8. The highest BCUT2D eigenvalue weighted by Crippen LogP contribution is 2.39. The zero-order chi connectivity index (χ0) is 45.8. The van der Waals surface area contributed by atoms with Crippen LogP contribution in [0.4, 0.5) is 34.1 Å². The van der Waals surface area contributed by atoms with E-state index in [0.29, 0.717) is 25.0 Å². The molecule has 2 fully saturated rings. The van der Waals surface area contributed by atoms with Gasteiger partial charge in [0.05, 0.1) is 34.1 Å². The summed E-state index contributed by atoms with van der Waals surface area (Å²) in [5, 5.41) is 27.0. The number of azo groups is 3. The van der Waals surface area contributed by atoms with Gasteiger partial charge in [-0.2, -0.15) is 30.7 Å². The predicted molar refractivity (Wildman–Crippen MR) is 269 cm³/mol. The molecular formula is C58H66N6O2. The van der Waals surface area contributed by atoms with E-state index in [0.717, 1.165) is 79.7 Å². The maximum Gasteiger partial charge on any atom is 0.123 e. The van der Waals surface area contributed by atoms with Gasteiger partial charge in [0, 0.05) is 0 Å². The van der Waals surface area contributed by atoms with Crippen LogP contribution in [0.15, 0.2) is 152 Å². The maximum atomic E-state index is 6.28. The quantitative estimate of drug-likeness (QED) is 0.0906. The minimum atomic E-state index is 0.535. The minimum absolute atomic E-state index is 0.535. The van der Waals surface area contributed by atoms with Gasteiger partial charge in [0.2, 0.25) is 0 Å². The van der Waals surface area contributed by atoms with E-state index < -0.39 is 0 Å². The van der Waals surface area contributed by atoms with Crippen LogP contribution in [0.2, 0.25) is 0 Å². The molecule has 0 saturated heterocycles. The summed E-state index contributed by atoms with van der Waals surface area (Å²) < 4.78 is 12.6. The largest absolute Gasteiger partial charge is 0.489 e. The first-order valence-electron chi connectivity index (χ1n) is 24.3. The Morgan fingerprint density at radius 2 is 0.697 bits per heavy atom. The van der Waals surface area contributed by atoms with Crippen LogP contribution in [-0.2, 0) is 13.2 Å². The Labute approximate surface area is 392 Å². The van der Waals surface area contributed by atoms with Crippen molar-refractivity contribution < 1.29 is 9.47 Å². The lowest BCUT2D eigenvalue weighted by Crippen LogP contribution is -2.12. The second kappa shape index (κ2) is 22.3. The van der Waals surface area contributed by atoms with Crippen LogP contribution in [0.5, 0.6) is 11.5 Å². The molecule has 340 valence electrons. The fraction of sp³-hybridized carbons (Fsp3) is 0.379. The molecule has 0 heterocycles. The Bertz CT molecular complexity index is 2420. The van der Waals surface area contributed by atoms with Gasteiger partial charge in [-0.3, -0.25) is 0 Å². The number of rotatable bonds is 16. The molecule has 0 aliphatic heterocycles. The molecule has 0 radical (unpaired) electrons. The Morgan fingerprint density at radius 1 is 0.379 bits per heavy atom. The van der Waals surface area contributed by atoms with Gasteiger partial charge in [-0.1, -0.05) is 75.2 Å². The monoisotopic (exact) mass is 879 g/mol. The number of ether oxygens (including phenoxy) is 2. The lowest BCUT2D eigenvalue weighted by Gasteiger charge is -2.28. The number of aryl methyl sites for hydroxylation is 4. The van der Waals surface area contributed by atoms with Crippen LogP contribution in [-0.4, -0.2) is 0 Å². The number of hydrogen-bond donors (Lipinski definition) is 0. The fourth-order valence-electron chi connectivity index (χ4n) is 9.49. The van der Waals surface area contributed by atoms with Crippen molar-refractivity contribution in [3.8, 4) is 11.5 Å². The standard InChI is InChI=1S/C58H66N6O2/c1-7-43-9-17-47(18-10-43)49-21-13-45(14-22-49)37-65-57-35-39(3)55(33-41(57)5)63-61-53-29-25-51(26-30-53)59-60-52-27-31-54(32-28-52)62-64-56-34-42(6)58(36-40(56)4)66-38-46-15-23-50(24-16-46)48-19-11-44(8-2)12-20-48/h13-16,21-36,43-44,47-48H,7-12,17-20,37-38H2,1-6H3. The average molecular weight is 879 g/mol. The minimum Gasteiger partial charge on any atom is -0.489 e. The molecular weight excluding hydrogens is 813 g/mol. The summed E-state index contributed by atoms with van der Waals surface area (Å²) >= 11 is 0. The summed E-state index contributed by atoms with van der Waals surface area (Å²) in [6.07, 6.45) is 13.3. The van der Waals surface area contributed by atoms with E-state index in [9.17, 15) is 0 Å². The van der Waals surface area contributed by atoms with Crippen molar-refractivity contribution in [2.45, 2.75) is 131 Å². The predicted octanol–water partition coefficient (Wildman–Crippen LogP) is 18.7. The molecule has 0 bridgehead atoms. The van der Waals surface area contributed by atoms with E-state index in [1.165, 1.54) is 86.5 Å². The highest BCUT2D eigenvalue weighted by molar-refractivity contribution is 5.56. The highest BCUT2D eigenvalue weighted by atomic mass is 16.5. The molecule has 6 aromatic rings. The first kappa shape index (κ1) is 46.3. The molecule has 2 aliphatic carbocycles. The van der Waals surface area contributed by atoms with Gasteiger partial charge in [0.25, 0.3) is 0 Å². The van der Waals surface area contributed by atoms with Crippen molar-refractivity contribution in [3.63, 3.8) is 0 Å². The molecule has 2 saturated carbocycles. The summed E-state index contributed by atoms with van der Waals surface area (Å²) in [6, 6.07) is 41.4. The highest BCUT2D eigenvalue weighted by Gasteiger charge is 2.22. The fourth-order valence-corrected chi connectivity index (χ4v) is 9.49. The summed E-state index contributed by atoms with van der Waals surface area (Å²) in [5.74, 6) is 4.96. The van der Waals surface area contributed by atoms with Crippen molar-refractivity contribution in [3.05, 3.63) is 166 Å². The normalized spacial score (nSPS) is 18.9. The van der Waals surface area contributed by atoms with Crippen LogP contribution in [0.1, 0.15) is 134 Å². The zero-order valence-corrected chi connectivity index (χ0v) is 39.8. The summed E-state index contributed by atoms with van der Waals surface area (Å²) in [7, 11) is 0. The van der Waals surface area contributed by atoms with Gasteiger partial charge in [-0.05, 0) is 220 Å². The van der Waals surface area contributed by atoms with Gasteiger partial charge >= 0.3 is 0 Å². The number of nitrogens with zero attached hydrogens (tertiary/aromatic N) is 6. The Balaban J connectivity index is 0.789. The SMILES string of the molecule is CCC1CCC(c2ccc(COc3cc(C)c(N=Nc4ccc(N=Nc5ccc(N=Nc6cc(C)c(OCc7ccc(C8CCC(CC)CC8)cc7)cc6C)cc5)cc4)cc3C)cc2)CC1. The average Bonchev–Trinajstić information content (AvgIpc) is 3.36. The lowest BCUT2D eigenvalue weighted by atomic mass is 9.78. The van der Waals surface area contributed by atoms with Crippen LogP contribution < -0.4 is 9.47 Å². The van der Waals surface area contributed by atoms with Crippen molar-refractivity contribution in [1.82, 2.24) is 0 Å². The summed E-state index contributed by atoms with van der Waals surface area (Å²) in [4.78, 5) is 0. The molecule has 6 aromatic carbocycles. The van der Waals surface area contributed by atoms with Gasteiger partial charge in [0.1, 0.15) is 24.7 Å². The molecule has 8 nitrogen and oxygen atoms in total. The van der Waals surface area contributed by atoms with E-state index in [4.69, 9.17) is 9.47 Å². The molecule has 0 N–H and O–H groups in total. The van der Waals surface area contributed by atoms with Gasteiger partial charge in [-0.25, -0.2) is 0 Å². The first-order chi connectivity index (χ1) is 32.2. The van der Waals surface area contributed by atoms with E-state index in [1.807, 2.05) is 74.5 Å². The molecule has 0 aromatic heterocycles. The van der Waals surface area contributed by atoms with Gasteiger partial charge in [-0.15, -0.1) is 0 Å². The topological polar surface area (TPSA) is 92.6 Å². The number of hydrogen-bond acceptors (Lipinski definition) is 8. The summed E-state index contributed by atoms with van der Waals surface area (Å²) in [6.45, 7) is 13.9. The van der Waals surface area contributed by atoms with Crippen LogP contribution in [0.25, 0.3) is 0 Å². The third-order valence-corrected chi connectivity index (χ3v) is 14.1. The molecule has 8 heteroatoms. The van der Waals surface area contributed by atoms with E-state index >= 15 is 0 Å². The first-order valence-corrected chi connectivity index (χ1v) is 24.3. The maximum absolute atomic E-state index is 6.28.